The van der Waals surface area contributed by atoms with Gasteiger partial charge in [-0.3, -0.25) is 4.99 Å². The van der Waals surface area contributed by atoms with Crippen molar-refractivity contribution in [2.45, 2.75) is 45.8 Å². The summed E-state index contributed by atoms with van der Waals surface area (Å²) in [6, 6.07) is 18.3. The molecule has 0 unspecified atom stereocenters. The van der Waals surface area contributed by atoms with Crippen molar-refractivity contribution in [2.75, 3.05) is 6.61 Å². The lowest BCUT2D eigenvalue weighted by atomic mass is 10.0. The van der Waals surface area contributed by atoms with Gasteiger partial charge in [-0.2, -0.15) is 0 Å². The van der Waals surface area contributed by atoms with Crippen molar-refractivity contribution < 1.29 is 19.1 Å². The van der Waals surface area contributed by atoms with Crippen LogP contribution in [-0.4, -0.2) is 35.9 Å². The van der Waals surface area contributed by atoms with E-state index in [1.807, 2.05) is 60.7 Å². The van der Waals surface area contributed by atoms with E-state index in [0.29, 0.717) is 5.71 Å². The molecule has 0 aromatic heterocycles. The molecule has 5 nitrogen and oxygen atoms in total. The van der Waals surface area contributed by atoms with Gasteiger partial charge in [-0.25, -0.2) is 9.59 Å². The molecule has 2 aromatic rings. The molecule has 1 atom stereocenters. The Morgan fingerprint density at radius 1 is 0.967 bits per heavy atom. The van der Waals surface area contributed by atoms with Crippen LogP contribution in [0.3, 0.4) is 0 Å². The van der Waals surface area contributed by atoms with E-state index in [1.165, 1.54) is 0 Å². The Kier molecular flexibility index (Phi) is 8.10. The Hall–Kier alpha value is -3.21. The fourth-order valence-electron chi connectivity index (χ4n) is 2.76. The van der Waals surface area contributed by atoms with Crippen LogP contribution in [0.5, 0.6) is 0 Å². The molecule has 0 heterocycles. The zero-order chi connectivity index (χ0) is 22.1. The number of nitrogens with zero attached hydrogens (tertiary/aromatic N) is 1. The van der Waals surface area contributed by atoms with E-state index in [-0.39, 0.29) is 18.6 Å². The second kappa shape index (κ2) is 10.5. The number of hydrogen-bond donors (Lipinski definition) is 0. The Balaban J connectivity index is 2.49. The Morgan fingerprint density at radius 2 is 1.47 bits per heavy atom. The van der Waals surface area contributed by atoms with Crippen molar-refractivity contribution in [3.8, 4) is 0 Å². The van der Waals surface area contributed by atoms with E-state index >= 15 is 0 Å². The molecule has 0 radical (unpaired) electrons. The minimum atomic E-state index is -0.934. The summed E-state index contributed by atoms with van der Waals surface area (Å²) in [6.07, 6.45) is 0.0108. The molecular weight excluding hydrogens is 378 g/mol. The van der Waals surface area contributed by atoms with E-state index in [2.05, 4.69) is 6.58 Å². The van der Waals surface area contributed by atoms with E-state index < -0.39 is 23.6 Å². The lowest BCUT2D eigenvalue weighted by Gasteiger charge is -2.23. The summed E-state index contributed by atoms with van der Waals surface area (Å²) in [5.41, 5.74) is 1.86. The fraction of sp³-hybridized carbons (Fsp3) is 0.320. The van der Waals surface area contributed by atoms with Crippen LogP contribution in [0.15, 0.2) is 77.8 Å². The van der Waals surface area contributed by atoms with Gasteiger partial charge in [0.05, 0.1) is 12.3 Å². The quantitative estimate of drug-likeness (QED) is 0.360. The van der Waals surface area contributed by atoms with Crippen molar-refractivity contribution in [3.05, 3.63) is 83.9 Å². The van der Waals surface area contributed by atoms with E-state index in [1.54, 1.807) is 27.7 Å². The number of aliphatic imine (C=N–C) groups is 1. The summed E-state index contributed by atoms with van der Waals surface area (Å²) in [7, 11) is 0. The molecule has 0 N–H and O–H groups in total. The number of ether oxygens (including phenoxy) is 2. The smallest absolute Gasteiger partial charge is 0.333 e. The van der Waals surface area contributed by atoms with Crippen LogP contribution in [0.2, 0.25) is 0 Å². The number of carbonyl (C=O) groups is 2. The molecule has 0 aliphatic rings. The standard InChI is InChI=1S/C25H29NO4/c1-6-29-23(27)18(2)17-21(24(28)30-25(3,4)5)26-22(19-13-9-7-10-14-19)20-15-11-8-12-16-20/h7-16,21H,2,6,17H2,1,3-5H3/t21-/m0/s1. The number of rotatable bonds is 8. The third-order valence-electron chi connectivity index (χ3n) is 4.06. The molecular formula is C25H29NO4. The predicted octanol–water partition coefficient (Wildman–Crippen LogP) is 4.74. The van der Waals surface area contributed by atoms with Gasteiger partial charge >= 0.3 is 11.9 Å². The van der Waals surface area contributed by atoms with Gasteiger partial charge in [0, 0.05) is 23.1 Å². The molecule has 0 spiro atoms. The van der Waals surface area contributed by atoms with E-state index in [0.717, 1.165) is 11.1 Å². The molecule has 0 saturated heterocycles. The van der Waals surface area contributed by atoms with Gasteiger partial charge in [-0.05, 0) is 27.7 Å². The SMILES string of the molecule is C=C(C[C@H](N=C(c1ccccc1)c1ccccc1)C(=O)OC(C)(C)C)C(=O)OCC. The predicted molar refractivity (Wildman–Crippen MR) is 119 cm³/mol. The lowest BCUT2D eigenvalue weighted by molar-refractivity contribution is -0.156. The summed E-state index contributed by atoms with van der Waals surface area (Å²) in [5, 5.41) is 0. The number of hydrogen-bond acceptors (Lipinski definition) is 5. The van der Waals surface area contributed by atoms with Gasteiger partial charge in [0.25, 0.3) is 0 Å². The molecule has 0 saturated carbocycles. The van der Waals surface area contributed by atoms with Gasteiger partial charge < -0.3 is 9.47 Å². The zero-order valence-electron chi connectivity index (χ0n) is 18.1. The van der Waals surface area contributed by atoms with Gasteiger partial charge in [0.15, 0.2) is 6.04 Å². The first kappa shape index (κ1) is 23.1. The monoisotopic (exact) mass is 407 g/mol. The van der Waals surface area contributed by atoms with Crippen molar-refractivity contribution >= 4 is 17.7 Å². The minimum Gasteiger partial charge on any atom is -0.463 e. The average Bonchev–Trinajstić information content (AvgIpc) is 2.71. The van der Waals surface area contributed by atoms with Gasteiger partial charge in [0.2, 0.25) is 0 Å². The molecule has 0 aliphatic heterocycles. The molecule has 2 rings (SSSR count). The first-order valence-corrected chi connectivity index (χ1v) is 9.97. The molecule has 30 heavy (non-hydrogen) atoms. The Morgan fingerprint density at radius 3 is 1.90 bits per heavy atom. The fourth-order valence-corrected chi connectivity index (χ4v) is 2.76. The third kappa shape index (κ3) is 6.99. The summed E-state index contributed by atoms with van der Waals surface area (Å²) in [4.78, 5) is 29.8. The van der Waals surface area contributed by atoms with Crippen molar-refractivity contribution in [1.82, 2.24) is 0 Å². The zero-order valence-corrected chi connectivity index (χ0v) is 18.1. The van der Waals surface area contributed by atoms with Crippen molar-refractivity contribution in [3.63, 3.8) is 0 Å². The third-order valence-corrected chi connectivity index (χ3v) is 4.06. The van der Waals surface area contributed by atoms with Gasteiger partial charge in [-0.15, -0.1) is 0 Å². The normalized spacial score (nSPS) is 11.9. The maximum Gasteiger partial charge on any atom is 0.333 e. The van der Waals surface area contributed by atoms with Crippen LogP contribution in [0.1, 0.15) is 45.2 Å². The molecule has 0 amide bonds. The Labute approximate surface area is 178 Å². The highest BCUT2D eigenvalue weighted by Gasteiger charge is 2.28. The number of carbonyl (C=O) groups excluding carboxylic acids is 2. The molecule has 0 fully saturated rings. The maximum absolute atomic E-state index is 13.0. The maximum atomic E-state index is 13.0. The molecule has 2 aromatic carbocycles. The minimum absolute atomic E-state index is 0.0108. The average molecular weight is 408 g/mol. The topological polar surface area (TPSA) is 65.0 Å². The van der Waals surface area contributed by atoms with E-state index in [4.69, 9.17) is 14.5 Å². The Bertz CT molecular complexity index is 854. The second-order valence-corrected chi connectivity index (χ2v) is 7.79. The van der Waals surface area contributed by atoms with Gasteiger partial charge in [-0.1, -0.05) is 67.2 Å². The summed E-state index contributed by atoms with van der Waals surface area (Å²) >= 11 is 0. The largest absolute Gasteiger partial charge is 0.463 e. The van der Waals surface area contributed by atoms with E-state index in [9.17, 15) is 9.59 Å². The first-order valence-electron chi connectivity index (χ1n) is 9.97. The highest BCUT2D eigenvalue weighted by Crippen LogP contribution is 2.19. The number of esters is 2. The highest BCUT2D eigenvalue weighted by molar-refractivity contribution is 6.13. The van der Waals surface area contributed by atoms with Crippen LogP contribution in [0, 0.1) is 0 Å². The summed E-state index contributed by atoms with van der Waals surface area (Å²) < 4.78 is 10.6. The molecule has 0 aliphatic carbocycles. The summed E-state index contributed by atoms with van der Waals surface area (Å²) in [5.74, 6) is -1.06. The van der Waals surface area contributed by atoms with Crippen LogP contribution in [0.25, 0.3) is 0 Å². The van der Waals surface area contributed by atoms with Crippen molar-refractivity contribution in [2.24, 2.45) is 4.99 Å². The van der Waals surface area contributed by atoms with Crippen LogP contribution >= 0.6 is 0 Å². The second-order valence-electron chi connectivity index (χ2n) is 7.79. The molecule has 0 bridgehead atoms. The van der Waals surface area contributed by atoms with Crippen LogP contribution in [0.4, 0.5) is 0 Å². The van der Waals surface area contributed by atoms with Crippen LogP contribution in [-0.2, 0) is 19.1 Å². The number of benzene rings is 2. The van der Waals surface area contributed by atoms with Crippen molar-refractivity contribution in [1.29, 1.82) is 0 Å². The highest BCUT2D eigenvalue weighted by atomic mass is 16.6. The molecule has 158 valence electrons. The molecule has 5 heteroatoms. The van der Waals surface area contributed by atoms with Crippen LogP contribution < -0.4 is 0 Å². The summed E-state index contributed by atoms with van der Waals surface area (Å²) in [6.45, 7) is 11.1. The first-order chi connectivity index (χ1) is 14.2. The van der Waals surface area contributed by atoms with Gasteiger partial charge in [0.1, 0.15) is 5.60 Å². The lowest BCUT2D eigenvalue weighted by Crippen LogP contribution is -2.32.